The summed E-state index contributed by atoms with van der Waals surface area (Å²) in [6.07, 6.45) is 14.1. The van der Waals surface area contributed by atoms with Crippen molar-refractivity contribution in [3.8, 4) is 11.1 Å². The van der Waals surface area contributed by atoms with Gasteiger partial charge in [-0.2, -0.15) is 29.8 Å². The summed E-state index contributed by atoms with van der Waals surface area (Å²) in [5, 5.41) is 0. The van der Waals surface area contributed by atoms with Crippen molar-refractivity contribution in [3.05, 3.63) is 83.0 Å². The minimum absolute atomic E-state index is 0. The first-order chi connectivity index (χ1) is 15.1. The molecule has 0 spiro atoms. The predicted molar refractivity (Wildman–Crippen MR) is 137 cm³/mol. The summed E-state index contributed by atoms with van der Waals surface area (Å²) in [6, 6.07) is 18.4. The van der Waals surface area contributed by atoms with Crippen molar-refractivity contribution < 1.29 is 48.1 Å². The van der Waals surface area contributed by atoms with E-state index < -0.39 is 0 Å². The molecule has 1 heterocycles. The number of benzene rings is 2. The van der Waals surface area contributed by atoms with Gasteiger partial charge in [-0.15, -0.1) is 17.5 Å². The van der Waals surface area contributed by atoms with Crippen LogP contribution in [-0.2, 0) is 40.6 Å². The molecule has 34 heavy (non-hydrogen) atoms. The van der Waals surface area contributed by atoms with Crippen LogP contribution in [0, 0.1) is 12.1 Å². The molecule has 1 fully saturated rings. The molecule has 0 aromatic heterocycles. The molecule has 2 aromatic carbocycles. The second-order valence-electron chi connectivity index (χ2n) is 11.1. The number of allylic oxidation sites excluding steroid dienone is 4. The van der Waals surface area contributed by atoms with E-state index in [9.17, 15) is 0 Å². The van der Waals surface area contributed by atoms with Gasteiger partial charge >= 0.3 is 53.7 Å². The average Bonchev–Trinajstić information content (AvgIpc) is 3.48. The van der Waals surface area contributed by atoms with Crippen molar-refractivity contribution >= 4 is 5.43 Å². The zero-order valence-corrected chi connectivity index (χ0v) is 26.6. The Morgan fingerprint density at radius 2 is 1.50 bits per heavy atom. The van der Waals surface area contributed by atoms with E-state index in [-0.39, 0.29) is 35.6 Å². The van der Waals surface area contributed by atoms with E-state index in [2.05, 4.69) is 90.1 Å². The first kappa shape index (κ1) is 31.6. The molecule has 2 aromatic rings. The van der Waals surface area contributed by atoms with Crippen LogP contribution in [0.25, 0.3) is 11.1 Å². The predicted octanol–water partition coefficient (Wildman–Crippen LogP) is 2.29. The third-order valence-electron chi connectivity index (χ3n) is 6.26. The van der Waals surface area contributed by atoms with E-state index in [4.69, 9.17) is 0 Å². The molecule has 0 saturated carbocycles. The number of hydrogen-bond acceptors (Lipinski definition) is 0. The maximum absolute atomic E-state index is 3.67. The summed E-state index contributed by atoms with van der Waals surface area (Å²) in [4.78, 5) is 0. The minimum atomic E-state index is 0. The second kappa shape index (κ2) is 13.8. The Bertz CT molecular complexity index is 944. The molecule has 1 saturated heterocycles. The molecule has 2 aliphatic carbocycles. The van der Waals surface area contributed by atoms with Crippen LogP contribution < -0.4 is 24.8 Å². The molecule has 0 radical (unpaired) electrons. The SMILES string of the molecule is CC(C)(C)c1[c-]c2c(cc1)-c1ccc(C(C)(C)C)cc1C2.[C-]1=CC=CC1.[Cl-].[Cl-].[Zr+2]=[Si]1CCCC1. The Balaban J connectivity index is 0.000000367. The third-order valence-corrected chi connectivity index (χ3v) is 11.9. The number of halogens is 2. The zero-order chi connectivity index (χ0) is 23.4. The van der Waals surface area contributed by atoms with E-state index in [0.717, 1.165) is 12.8 Å². The van der Waals surface area contributed by atoms with Crippen LogP contribution in [0.2, 0.25) is 12.1 Å². The summed E-state index contributed by atoms with van der Waals surface area (Å²) in [5.74, 6) is 0. The summed E-state index contributed by atoms with van der Waals surface area (Å²) in [5.41, 5.74) is 9.04. The molecule has 0 amide bonds. The quantitative estimate of drug-likeness (QED) is 0.279. The van der Waals surface area contributed by atoms with Gasteiger partial charge in [0.1, 0.15) is 0 Å². The van der Waals surface area contributed by atoms with Crippen LogP contribution in [0.15, 0.2) is 48.6 Å². The fourth-order valence-electron chi connectivity index (χ4n) is 4.17. The van der Waals surface area contributed by atoms with Crippen molar-refractivity contribution in [1.82, 2.24) is 0 Å². The van der Waals surface area contributed by atoms with Crippen LogP contribution in [0.5, 0.6) is 0 Å². The van der Waals surface area contributed by atoms with E-state index in [0.29, 0.717) is 5.43 Å². The van der Waals surface area contributed by atoms with Crippen LogP contribution >= 0.6 is 0 Å². The molecular formula is C30H38Cl2SiZr-2. The van der Waals surface area contributed by atoms with Crippen LogP contribution in [0.4, 0.5) is 0 Å². The normalized spacial score (nSPS) is 15.2. The Labute approximate surface area is 236 Å². The first-order valence-electron chi connectivity index (χ1n) is 12.0. The Morgan fingerprint density at radius 1 is 0.853 bits per heavy atom. The van der Waals surface area contributed by atoms with Gasteiger partial charge in [-0.3, -0.25) is 6.08 Å². The monoisotopic (exact) mass is 586 g/mol. The van der Waals surface area contributed by atoms with Crippen molar-refractivity contribution in [1.29, 1.82) is 0 Å². The molecule has 0 N–H and O–H groups in total. The molecule has 0 unspecified atom stereocenters. The van der Waals surface area contributed by atoms with E-state index >= 15 is 0 Å². The van der Waals surface area contributed by atoms with Crippen molar-refractivity contribution in [2.75, 3.05) is 0 Å². The number of hydrogen-bond donors (Lipinski definition) is 0. The van der Waals surface area contributed by atoms with E-state index in [1.54, 1.807) is 24.9 Å². The van der Waals surface area contributed by atoms with Gasteiger partial charge in [0.2, 0.25) is 0 Å². The summed E-state index contributed by atoms with van der Waals surface area (Å²) in [6.45, 7) is 13.6. The molecule has 0 bridgehead atoms. The molecule has 0 atom stereocenters. The molecule has 182 valence electrons. The molecule has 0 nitrogen and oxygen atoms in total. The van der Waals surface area contributed by atoms with Crippen molar-refractivity contribution in [2.24, 2.45) is 0 Å². The Kier molecular flexibility index (Phi) is 12.8. The van der Waals surface area contributed by atoms with Gasteiger partial charge in [0.15, 0.2) is 0 Å². The fourth-order valence-corrected chi connectivity index (χ4v) is 8.38. The second-order valence-corrected chi connectivity index (χ2v) is 18.5. The molecule has 4 heteroatoms. The van der Waals surface area contributed by atoms with Gasteiger partial charge in [0, 0.05) is 0 Å². The van der Waals surface area contributed by atoms with Crippen LogP contribution in [-0.4, -0.2) is 5.43 Å². The van der Waals surface area contributed by atoms with E-state index in [1.807, 2.05) is 35.5 Å². The Hall–Kier alpha value is -0.400. The van der Waals surface area contributed by atoms with Gasteiger partial charge in [0.25, 0.3) is 0 Å². The standard InChI is InChI=1S/C21H25.C5H5.C4H8Si.2ClH.Zr/c1-20(2,3)16-7-9-18-14(12-16)11-15-13-17(21(4,5)6)8-10-19(15)18;2*1-2-4-5-3-1;;;/h7-10,12H,11H2,1-6H3;1-3H,4H2;1-4H2;2*1H;/q2*-1;;;;+2/p-2. The third kappa shape index (κ3) is 8.92. The van der Waals surface area contributed by atoms with Crippen molar-refractivity contribution in [2.45, 2.75) is 90.1 Å². The van der Waals surface area contributed by atoms with Crippen molar-refractivity contribution in [3.63, 3.8) is 0 Å². The van der Waals surface area contributed by atoms with Gasteiger partial charge in [-0.25, -0.2) is 12.2 Å². The first-order valence-corrected chi connectivity index (χ1v) is 17.6. The van der Waals surface area contributed by atoms with Gasteiger partial charge in [-0.1, -0.05) is 65.3 Å². The summed E-state index contributed by atoms with van der Waals surface area (Å²) < 4.78 is 0. The van der Waals surface area contributed by atoms with E-state index in [1.165, 1.54) is 33.4 Å². The molecule has 1 aliphatic heterocycles. The zero-order valence-electron chi connectivity index (χ0n) is 21.6. The molecule has 5 rings (SSSR count). The summed E-state index contributed by atoms with van der Waals surface area (Å²) in [7, 11) is 0. The summed E-state index contributed by atoms with van der Waals surface area (Å²) >= 11 is 1.87. The average molecular weight is 589 g/mol. The topological polar surface area (TPSA) is 0 Å². The van der Waals surface area contributed by atoms with Crippen LogP contribution in [0.3, 0.4) is 0 Å². The maximum atomic E-state index is 3.67. The van der Waals surface area contributed by atoms with Gasteiger partial charge in [0.05, 0.1) is 0 Å². The Morgan fingerprint density at radius 3 is 1.94 bits per heavy atom. The van der Waals surface area contributed by atoms with Gasteiger partial charge < -0.3 is 24.8 Å². The van der Waals surface area contributed by atoms with Crippen LogP contribution in [0.1, 0.15) is 83.1 Å². The number of rotatable bonds is 0. The fraction of sp³-hybridized carbons (Fsp3) is 0.467. The van der Waals surface area contributed by atoms with Gasteiger partial charge in [-0.05, 0) is 28.4 Å². The number of fused-ring (bicyclic) bond motifs is 3. The molecular weight excluding hydrogens is 551 g/mol. The molecule has 3 aliphatic rings.